The van der Waals surface area contributed by atoms with Gasteiger partial charge < -0.3 is 0 Å². The van der Waals surface area contributed by atoms with Gasteiger partial charge in [-0.15, -0.1) is 0 Å². The Morgan fingerprint density at radius 1 is 1.04 bits per heavy atom. The first-order valence-corrected chi connectivity index (χ1v) is 13.4. The summed E-state index contributed by atoms with van der Waals surface area (Å²) in [6.07, 6.45) is 8.12. The monoisotopic (exact) mass is 413 g/mol. The van der Waals surface area contributed by atoms with E-state index in [2.05, 4.69) is 0 Å². The van der Waals surface area contributed by atoms with E-state index in [1.807, 2.05) is 19.1 Å². The van der Waals surface area contributed by atoms with Gasteiger partial charge in [0.1, 0.15) is 0 Å². The predicted octanol–water partition coefficient (Wildman–Crippen LogP) is 3.71. The molecule has 1 heterocycles. The van der Waals surface area contributed by atoms with Gasteiger partial charge in [0.25, 0.3) is 0 Å². The Morgan fingerprint density at radius 3 is 2.26 bits per heavy atom. The Balaban J connectivity index is 1.82. The maximum atomic E-state index is 13.3. The summed E-state index contributed by atoms with van der Waals surface area (Å²) in [6.45, 7) is 2.39. The molecule has 0 N–H and O–H groups in total. The van der Waals surface area contributed by atoms with Crippen molar-refractivity contribution in [3.8, 4) is 0 Å². The first kappa shape index (κ1) is 20.8. The molecule has 0 spiro atoms. The molecule has 3 rings (SSSR count). The second-order valence-electron chi connectivity index (χ2n) is 7.93. The van der Waals surface area contributed by atoms with Crippen LogP contribution in [0.4, 0.5) is 0 Å². The zero-order valence-corrected chi connectivity index (χ0v) is 17.8. The summed E-state index contributed by atoms with van der Waals surface area (Å²) in [6, 6.07) is 6.88. The van der Waals surface area contributed by atoms with Crippen molar-refractivity contribution in [3.05, 3.63) is 29.8 Å². The van der Waals surface area contributed by atoms with Gasteiger partial charge in [-0.3, -0.25) is 0 Å². The molecule has 0 aromatic heterocycles. The van der Waals surface area contributed by atoms with Crippen molar-refractivity contribution < 1.29 is 16.8 Å². The van der Waals surface area contributed by atoms with Crippen LogP contribution in [0.25, 0.3) is 0 Å². The quantitative estimate of drug-likeness (QED) is 0.683. The van der Waals surface area contributed by atoms with Crippen LogP contribution in [-0.4, -0.2) is 45.2 Å². The summed E-state index contributed by atoms with van der Waals surface area (Å²) >= 11 is 0. The number of benzene rings is 1. The summed E-state index contributed by atoms with van der Waals surface area (Å²) in [5.74, 6) is 0.554. The fraction of sp³-hybridized carbons (Fsp3) is 0.700. The van der Waals surface area contributed by atoms with E-state index in [1.165, 1.54) is 42.0 Å². The Labute approximate surface area is 164 Å². The Hall–Kier alpha value is -0.920. The zero-order valence-electron chi connectivity index (χ0n) is 16.1. The van der Waals surface area contributed by atoms with Gasteiger partial charge in [-0.05, 0) is 49.3 Å². The average Bonchev–Trinajstić information content (AvgIpc) is 3.02. The minimum absolute atomic E-state index is 0.0594. The minimum Gasteiger partial charge on any atom is -0.229 e. The summed E-state index contributed by atoms with van der Waals surface area (Å²) < 4.78 is 51.7. The van der Waals surface area contributed by atoms with Gasteiger partial charge in [-0.1, -0.05) is 44.7 Å². The van der Waals surface area contributed by atoms with Crippen molar-refractivity contribution in [1.82, 2.24) is 4.31 Å². The molecule has 152 valence electrons. The SMILES string of the molecule is CCCCN([C@H]1CCS(=O)(=O)C1)S(=O)(=O)c1ccc(C2CCCCC2)cc1. The van der Waals surface area contributed by atoms with Crippen molar-refractivity contribution in [1.29, 1.82) is 0 Å². The van der Waals surface area contributed by atoms with Gasteiger partial charge in [0.2, 0.25) is 10.0 Å². The van der Waals surface area contributed by atoms with Gasteiger partial charge in [0, 0.05) is 12.6 Å². The molecule has 0 radical (unpaired) electrons. The number of sulfone groups is 1. The number of sulfonamides is 1. The highest BCUT2D eigenvalue weighted by atomic mass is 32.2. The second-order valence-corrected chi connectivity index (χ2v) is 12.0. The van der Waals surface area contributed by atoms with Crippen LogP contribution in [0.1, 0.15) is 69.8 Å². The molecule has 0 amide bonds. The van der Waals surface area contributed by atoms with Crippen LogP contribution in [0.3, 0.4) is 0 Å². The molecule has 27 heavy (non-hydrogen) atoms. The highest BCUT2D eigenvalue weighted by Crippen LogP contribution is 2.33. The molecule has 1 aromatic carbocycles. The molecule has 1 aromatic rings. The first-order valence-electron chi connectivity index (χ1n) is 10.2. The Bertz CT molecular complexity index is 825. The molecule has 5 nitrogen and oxygen atoms in total. The number of unbranched alkanes of at least 4 members (excludes halogenated alkanes) is 1. The fourth-order valence-corrected chi connectivity index (χ4v) is 7.82. The molecule has 1 atom stereocenters. The van der Waals surface area contributed by atoms with E-state index < -0.39 is 25.9 Å². The lowest BCUT2D eigenvalue weighted by atomic mass is 9.84. The van der Waals surface area contributed by atoms with E-state index >= 15 is 0 Å². The molecule has 2 aliphatic rings. The van der Waals surface area contributed by atoms with Gasteiger partial charge in [-0.2, -0.15) is 4.31 Å². The summed E-state index contributed by atoms with van der Waals surface area (Å²) in [5.41, 5.74) is 1.22. The lowest BCUT2D eigenvalue weighted by Crippen LogP contribution is -2.41. The summed E-state index contributed by atoms with van der Waals surface area (Å²) in [7, 11) is -6.82. The zero-order chi connectivity index (χ0) is 19.5. The van der Waals surface area contributed by atoms with Crippen LogP contribution < -0.4 is 0 Å². The molecular weight excluding hydrogens is 382 g/mol. The summed E-state index contributed by atoms with van der Waals surface area (Å²) in [5, 5.41) is 0. The van der Waals surface area contributed by atoms with Crippen LogP contribution in [0.15, 0.2) is 29.2 Å². The average molecular weight is 414 g/mol. The van der Waals surface area contributed by atoms with Crippen molar-refractivity contribution >= 4 is 19.9 Å². The molecule has 1 saturated carbocycles. The Morgan fingerprint density at radius 2 is 1.70 bits per heavy atom. The van der Waals surface area contributed by atoms with Gasteiger partial charge in [0.05, 0.1) is 16.4 Å². The van der Waals surface area contributed by atoms with Crippen LogP contribution in [0.5, 0.6) is 0 Å². The smallest absolute Gasteiger partial charge is 0.229 e. The first-order chi connectivity index (χ1) is 12.8. The van der Waals surface area contributed by atoms with Crippen LogP contribution in [0.2, 0.25) is 0 Å². The van der Waals surface area contributed by atoms with Gasteiger partial charge in [0.15, 0.2) is 9.84 Å². The molecule has 1 aliphatic carbocycles. The third kappa shape index (κ3) is 4.93. The second kappa shape index (κ2) is 8.62. The van der Waals surface area contributed by atoms with E-state index in [0.717, 1.165) is 12.8 Å². The van der Waals surface area contributed by atoms with Crippen molar-refractivity contribution in [2.75, 3.05) is 18.1 Å². The van der Waals surface area contributed by atoms with E-state index in [1.54, 1.807) is 12.1 Å². The molecule has 2 fully saturated rings. The molecule has 1 saturated heterocycles. The van der Waals surface area contributed by atoms with E-state index in [-0.39, 0.29) is 16.4 Å². The number of rotatable bonds is 7. The number of hydrogen-bond donors (Lipinski definition) is 0. The largest absolute Gasteiger partial charge is 0.243 e. The minimum atomic E-state index is -3.69. The third-order valence-corrected chi connectivity index (χ3v) is 9.63. The van der Waals surface area contributed by atoms with Gasteiger partial charge >= 0.3 is 0 Å². The lowest BCUT2D eigenvalue weighted by Gasteiger charge is -2.28. The molecular formula is C20H31NO4S2. The third-order valence-electron chi connectivity index (χ3n) is 5.91. The maximum absolute atomic E-state index is 13.3. The van der Waals surface area contributed by atoms with Crippen molar-refractivity contribution in [2.45, 2.75) is 75.1 Å². The van der Waals surface area contributed by atoms with Crippen LogP contribution in [0, 0.1) is 0 Å². The normalized spacial score (nSPS) is 23.7. The molecule has 0 bridgehead atoms. The highest BCUT2D eigenvalue weighted by Gasteiger charge is 2.38. The topological polar surface area (TPSA) is 71.5 Å². The van der Waals surface area contributed by atoms with Crippen LogP contribution >= 0.6 is 0 Å². The van der Waals surface area contributed by atoms with Crippen molar-refractivity contribution in [2.24, 2.45) is 0 Å². The fourth-order valence-electron chi connectivity index (χ4n) is 4.30. The lowest BCUT2D eigenvalue weighted by molar-refractivity contribution is 0.335. The number of nitrogens with zero attached hydrogens (tertiary/aromatic N) is 1. The Kier molecular flexibility index (Phi) is 6.64. The van der Waals surface area contributed by atoms with Crippen LogP contribution in [-0.2, 0) is 19.9 Å². The maximum Gasteiger partial charge on any atom is 0.243 e. The highest BCUT2D eigenvalue weighted by molar-refractivity contribution is 7.92. The standard InChI is InChI=1S/C20H31NO4S2/c1-2-3-14-21(19-13-15-26(22,23)16-19)27(24,25)20-11-9-18(10-12-20)17-7-5-4-6-8-17/h9-12,17,19H,2-8,13-16H2,1H3/t19-/m0/s1. The number of hydrogen-bond acceptors (Lipinski definition) is 4. The van der Waals surface area contributed by atoms with Gasteiger partial charge in [-0.25, -0.2) is 16.8 Å². The van der Waals surface area contributed by atoms with E-state index in [4.69, 9.17) is 0 Å². The van der Waals surface area contributed by atoms with E-state index in [0.29, 0.717) is 18.9 Å². The molecule has 7 heteroatoms. The molecule has 0 unspecified atom stereocenters. The molecule has 1 aliphatic heterocycles. The predicted molar refractivity (Wildman–Crippen MR) is 108 cm³/mol. The summed E-state index contributed by atoms with van der Waals surface area (Å²) in [4.78, 5) is 0.280. The van der Waals surface area contributed by atoms with E-state index in [9.17, 15) is 16.8 Å². The van der Waals surface area contributed by atoms with Crippen molar-refractivity contribution in [3.63, 3.8) is 0 Å².